The summed E-state index contributed by atoms with van der Waals surface area (Å²) in [6.07, 6.45) is 1.84. The Morgan fingerprint density at radius 1 is 1.21 bits per heavy atom. The van der Waals surface area contributed by atoms with Crippen molar-refractivity contribution in [3.05, 3.63) is 35.9 Å². The predicted octanol–water partition coefficient (Wildman–Crippen LogP) is 2.38. The van der Waals surface area contributed by atoms with E-state index in [1.54, 1.807) is 0 Å². The van der Waals surface area contributed by atoms with Crippen LogP contribution in [0.1, 0.15) is 38.2 Å². The van der Waals surface area contributed by atoms with Crippen LogP contribution < -0.4 is 5.73 Å². The molecule has 0 aliphatic carbocycles. The Morgan fingerprint density at radius 2 is 1.79 bits per heavy atom. The van der Waals surface area contributed by atoms with Gasteiger partial charge in [0.2, 0.25) is 5.91 Å². The Kier molecular flexibility index (Phi) is 4.59. The first kappa shape index (κ1) is 14.1. The molecule has 3 heteroatoms. The van der Waals surface area contributed by atoms with Crippen LogP contribution in [0.2, 0.25) is 0 Å². The maximum atomic E-state index is 12.7. The fourth-order valence-electron chi connectivity index (χ4n) is 2.79. The van der Waals surface area contributed by atoms with Gasteiger partial charge in [0.15, 0.2) is 0 Å². The highest BCUT2D eigenvalue weighted by molar-refractivity contribution is 5.84. The van der Waals surface area contributed by atoms with Gasteiger partial charge in [0.05, 0.1) is 5.92 Å². The highest BCUT2D eigenvalue weighted by Crippen LogP contribution is 2.27. The van der Waals surface area contributed by atoms with Crippen molar-refractivity contribution in [3.63, 3.8) is 0 Å². The molecule has 1 aliphatic rings. The molecule has 2 N–H and O–H groups in total. The lowest BCUT2D eigenvalue weighted by Crippen LogP contribution is -2.45. The zero-order valence-electron chi connectivity index (χ0n) is 11.9. The second kappa shape index (κ2) is 6.20. The van der Waals surface area contributed by atoms with Crippen molar-refractivity contribution < 1.29 is 4.79 Å². The van der Waals surface area contributed by atoms with Gasteiger partial charge in [-0.1, -0.05) is 44.2 Å². The smallest absolute Gasteiger partial charge is 0.230 e. The van der Waals surface area contributed by atoms with Crippen LogP contribution in [0.15, 0.2) is 30.3 Å². The average Bonchev–Trinajstić information content (AvgIpc) is 2.40. The zero-order chi connectivity index (χ0) is 13.8. The van der Waals surface area contributed by atoms with E-state index >= 15 is 0 Å². The first-order valence-electron chi connectivity index (χ1n) is 7.19. The molecule has 2 rings (SSSR count). The lowest BCUT2D eigenvalue weighted by Gasteiger charge is -2.34. The SMILES string of the molecule is CC(C)C(C(=O)N1CCC(N)CC1)c1ccccc1. The Morgan fingerprint density at radius 3 is 2.32 bits per heavy atom. The third-order valence-electron chi connectivity index (χ3n) is 3.94. The number of benzene rings is 1. The van der Waals surface area contributed by atoms with Gasteiger partial charge in [0, 0.05) is 19.1 Å². The highest BCUT2D eigenvalue weighted by atomic mass is 16.2. The molecule has 1 amide bonds. The van der Waals surface area contributed by atoms with Crippen LogP contribution in [0.5, 0.6) is 0 Å². The molecule has 1 aromatic rings. The van der Waals surface area contributed by atoms with Crippen molar-refractivity contribution in [2.24, 2.45) is 11.7 Å². The van der Waals surface area contributed by atoms with Gasteiger partial charge in [0.1, 0.15) is 0 Å². The Balaban J connectivity index is 2.14. The van der Waals surface area contributed by atoms with Crippen molar-refractivity contribution in [2.75, 3.05) is 13.1 Å². The monoisotopic (exact) mass is 260 g/mol. The summed E-state index contributed by atoms with van der Waals surface area (Å²) in [5.74, 6) is 0.536. The topological polar surface area (TPSA) is 46.3 Å². The lowest BCUT2D eigenvalue weighted by molar-refractivity contribution is -0.134. The van der Waals surface area contributed by atoms with Gasteiger partial charge >= 0.3 is 0 Å². The van der Waals surface area contributed by atoms with E-state index in [1.165, 1.54) is 0 Å². The third kappa shape index (κ3) is 3.35. The summed E-state index contributed by atoms with van der Waals surface area (Å²) >= 11 is 0. The molecule has 1 saturated heterocycles. The number of piperidine rings is 1. The number of carbonyl (C=O) groups excluding carboxylic acids is 1. The average molecular weight is 260 g/mol. The maximum absolute atomic E-state index is 12.7. The summed E-state index contributed by atoms with van der Waals surface area (Å²) in [6.45, 7) is 5.84. The largest absolute Gasteiger partial charge is 0.342 e. The number of carbonyl (C=O) groups is 1. The van der Waals surface area contributed by atoms with Gasteiger partial charge in [-0.2, -0.15) is 0 Å². The van der Waals surface area contributed by atoms with Gasteiger partial charge in [-0.05, 0) is 24.3 Å². The van der Waals surface area contributed by atoms with Crippen LogP contribution in [0.25, 0.3) is 0 Å². The van der Waals surface area contributed by atoms with Gasteiger partial charge in [-0.25, -0.2) is 0 Å². The normalized spacial score (nSPS) is 18.6. The van der Waals surface area contributed by atoms with Crippen LogP contribution in [-0.2, 0) is 4.79 Å². The fraction of sp³-hybridized carbons (Fsp3) is 0.562. The maximum Gasteiger partial charge on any atom is 0.230 e. The molecule has 1 heterocycles. The summed E-state index contributed by atoms with van der Waals surface area (Å²) in [5.41, 5.74) is 7.03. The number of nitrogens with two attached hydrogens (primary N) is 1. The van der Waals surface area contributed by atoms with E-state index < -0.39 is 0 Å². The van der Waals surface area contributed by atoms with E-state index in [0.717, 1.165) is 31.5 Å². The standard InChI is InChI=1S/C16H24N2O/c1-12(2)15(13-6-4-3-5-7-13)16(19)18-10-8-14(17)9-11-18/h3-7,12,14-15H,8-11,17H2,1-2H3. The number of amides is 1. The summed E-state index contributed by atoms with van der Waals surface area (Å²) < 4.78 is 0. The minimum absolute atomic E-state index is 0.0319. The molecule has 1 atom stereocenters. The minimum atomic E-state index is -0.0319. The fourth-order valence-corrected chi connectivity index (χ4v) is 2.79. The molecule has 0 saturated carbocycles. The molecule has 104 valence electrons. The van der Waals surface area contributed by atoms with Gasteiger partial charge < -0.3 is 10.6 Å². The second-order valence-corrected chi connectivity index (χ2v) is 5.80. The Bertz CT molecular complexity index is 408. The zero-order valence-corrected chi connectivity index (χ0v) is 11.9. The molecule has 3 nitrogen and oxygen atoms in total. The van der Waals surface area contributed by atoms with E-state index in [2.05, 4.69) is 26.0 Å². The molecule has 1 aliphatic heterocycles. The molecule has 0 spiro atoms. The minimum Gasteiger partial charge on any atom is -0.342 e. The molecule has 0 aromatic heterocycles. The van der Waals surface area contributed by atoms with Crippen LogP contribution >= 0.6 is 0 Å². The highest BCUT2D eigenvalue weighted by Gasteiger charge is 2.30. The van der Waals surface area contributed by atoms with Gasteiger partial charge in [-0.3, -0.25) is 4.79 Å². The van der Waals surface area contributed by atoms with E-state index in [1.807, 2.05) is 23.1 Å². The number of likely N-dealkylation sites (tertiary alicyclic amines) is 1. The van der Waals surface area contributed by atoms with E-state index in [4.69, 9.17) is 5.73 Å². The molecular formula is C16H24N2O. The third-order valence-corrected chi connectivity index (χ3v) is 3.94. The van der Waals surface area contributed by atoms with Crippen molar-refractivity contribution >= 4 is 5.91 Å². The summed E-state index contributed by atoms with van der Waals surface area (Å²) in [4.78, 5) is 14.7. The first-order chi connectivity index (χ1) is 9.09. The first-order valence-corrected chi connectivity index (χ1v) is 7.19. The van der Waals surface area contributed by atoms with Crippen LogP contribution in [0.4, 0.5) is 0 Å². The summed E-state index contributed by atoms with van der Waals surface area (Å²) in [6, 6.07) is 10.4. The van der Waals surface area contributed by atoms with Crippen LogP contribution in [-0.4, -0.2) is 29.9 Å². The molecule has 1 unspecified atom stereocenters. The Hall–Kier alpha value is -1.35. The molecule has 19 heavy (non-hydrogen) atoms. The molecular weight excluding hydrogens is 236 g/mol. The second-order valence-electron chi connectivity index (χ2n) is 5.80. The van der Waals surface area contributed by atoms with Crippen molar-refractivity contribution in [3.8, 4) is 0 Å². The molecule has 1 aromatic carbocycles. The van der Waals surface area contributed by atoms with Gasteiger partial charge in [0.25, 0.3) is 0 Å². The van der Waals surface area contributed by atoms with E-state index in [-0.39, 0.29) is 17.9 Å². The number of hydrogen-bond donors (Lipinski definition) is 1. The lowest BCUT2D eigenvalue weighted by atomic mass is 9.86. The predicted molar refractivity (Wildman–Crippen MR) is 77.8 cm³/mol. The van der Waals surface area contributed by atoms with E-state index in [9.17, 15) is 4.79 Å². The summed E-state index contributed by atoms with van der Waals surface area (Å²) in [7, 11) is 0. The van der Waals surface area contributed by atoms with Crippen LogP contribution in [0.3, 0.4) is 0 Å². The number of rotatable bonds is 3. The van der Waals surface area contributed by atoms with Gasteiger partial charge in [-0.15, -0.1) is 0 Å². The number of hydrogen-bond acceptors (Lipinski definition) is 2. The van der Waals surface area contributed by atoms with Crippen molar-refractivity contribution in [1.82, 2.24) is 4.90 Å². The summed E-state index contributed by atoms with van der Waals surface area (Å²) in [5, 5.41) is 0. The molecule has 0 radical (unpaired) electrons. The Labute approximate surface area is 115 Å². The van der Waals surface area contributed by atoms with Crippen LogP contribution in [0, 0.1) is 5.92 Å². The molecule has 0 bridgehead atoms. The number of nitrogens with zero attached hydrogens (tertiary/aromatic N) is 1. The van der Waals surface area contributed by atoms with Crippen molar-refractivity contribution in [1.29, 1.82) is 0 Å². The van der Waals surface area contributed by atoms with E-state index in [0.29, 0.717) is 5.92 Å². The van der Waals surface area contributed by atoms with Crippen molar-refractivity contribution in [2.45, 2.75) is 38.6 Å². The molecule has 1 fully saturated rings. The quantitative estimate of drug-likeness (QED) is 0.907.